The summed E-state index contributed by atoms with van der Waals surface area (Å²) in [6, 6.07) is 2.24. The van der Waals surface area contributed by atoms with Crippen molar-refractivity contribution in [1.82, 2.24) is 9.29 Å². The summed E-state index contributed by atoms with van der Waals surface area (Å²) in [5.41, 5.74) is 0. The zero-order chi connectivity index (χ0) is 14.7. The molecule has 1 aromatic rings. The first-order valence-electron chi connectivity index (χ1n) is 5.29. The molecular weight excluding hydrogens is 285 g/mol. The van der Waals surface area contributed by atoms with Crippen LogP contribution in [-0.4, -0.2) is 44.1 Å². The van der Waals surface area contributed by atoms with Crippen LogP contribution in [0.5, 0.6) is 5.88 Å². The van der Waals surface area contributed by atoms with E-state index in [9.17, 15) is 21.6 Å². The first-order chi connectivity index (χ1) is 8.66. The fourth-order valence-electron chi connectivity index (χ4n) is 1.11. The summed E-state index contributed by atoms with van der Waals surface area (Å²) in [6.07, 6.45) is -3.50. The second-order valence-corrected chi connectivity index (χ2v) is 5.70. The SMILES string of the molecule is CCN(C)S(=O)(=O)c1ccc(OCC(F)(F)F)nc1. The Balaban J connectivity index is 2.83. The van der Waals surface area contributed by atoms with Crippen LogP contribution in [0.15, 0.2) is 23.2 Å². The molecule has 0 N–H and O–H groups in total. The topological polar surface area (TPSA) is 59.5 Å². The van der Waals surface area contributed by atoms with E-state index in [0.29, 0.717) is 0 Å². The largest absolute Gasteiger partial charge is 0.468 e. The fourth-order valence-corrected chi connectivity index (χ4v) is 2.24. The summed E-state index contributed by atoms with van der Waals surface area (Å²) < 4.78 is 64.9. The molecule has 1 aromatic heterocycles. The van der Waals surface area contributed by atoms with Gasteiger partial charge in [0.05, 0.1) is 6.20 Å². The highest BCUT2D eigenvalue weighted by molar-refractivity contribution is 7.89. The number of pyridine rings is 1. The van der Waals surface area contributed by atoms with Crippen LogP contribution in [0.2, 0.25) is 0 Å². The second-order valence-electron chi connectivity index (χ2n) is 3.66. The van der Waals surface area contributed by atoms with Gasteiger partial charge >= 0.3 is 6.18 Å². The van der Waals surface area contributed by atoms with Gasteiger partial charge in [0.25, 0.3) is 0 Å². The third-order valence-electron chi connectivity index (χ3n) is 2.25. The summed E-state index contributed by atoms with van der Waals surface area (Å²) in [5.74, 6) is -0.282. The normalized spacial score (nSPS) is 12.7. The van der Waals surface area contributed by atoms with Gasteiger partial charge in [0.1, 0.15) is 4.90 Å². The number of hydrogen-bond acceptors (Lipinski definition) is 4. The average Bonchev–Trinajstić information content (AvgIpc) is 2.35. The Morgan fingerprint density at radius 3 is 2.42 bits per heavy atom. The van der Waals surface area contributed by atoms with Crippen LogP contribution >= 0.6 is 0 Å². The lowest BCUT2D eigenvalue weighted by Gasteiger charge is -2.14. The number of halogens is 3. The third-order valence-corrected chi connectivity index (χ3v) is 4.16. The average molecular weight is 298 g/mol. The molecule has 0 bridgehead atoms. The Labute approximate surface area is 109 Å². The van der Waals surface area contributed by atoms with Crippen LogP contribution in [-0.2, 0) is 10.0 Å². The smallest absolute Gasteiger partial charge is 0.422 e. The molecular formula is C10H13F3N2O3S. The first kappa shape index (κ1) is 15.7. The van der Waals surface area contributed by atoms with E-state index in [1.807, 2.05) is 0 Å². The van der Waals surface area contributed by atoms with Gasteiger partial charge in [0.2, 0.25) is 15.9 Å². The minimum atomic E-state index is -4.46. The molecule has 9 heteroatoms. The monoisotopic (exact) mass is 298 g/mol. The first-order valence-corrected chi connectivity index (χ1v) is 6.73. The van der Waals surface area contributed by atoms with Crippen molar-refractivity contribution < 1.29 is 26.3 Å². The number of nitrogens with zero attached hydrogens (tertiary/aromatic N) is 2. The third kappa shape index (κ3) is 4.35. The molecule has 0 saturated carbocycles. The van der Waals surface area contributed by atoms with E-state index in [4.69, 9.17) is 0 Å². The van der Waals surface area contributed by atoms with Crippen molar-refractivity contribution in [2.45, 2.75) is 18.0 Å². The van der Waals surface area contributed by atoms with E-state index in [2.05, 4.69) is 9.72 Å². The maximum Gasteiger partial charge on any atom is 0.422 e. The molecule has 0 fully saturated rings. The van der Waals surface area contributed by atoms with Gasteiger partial charge in [-0.3, -0.25) is 0 Å². The van der Waals surface area contributed by atoms with Gasteiger partial charge in [-0.1, -0.05) is 6.92 Å². The van der Waals surface area contributed by atoms with Gasteiger partial charge in [0, 0.05) is 19.7 Å². The Bertz CT molecular complexity index is 514. The molecule has 19 heavy (non-hydrogen) atoms. The summed E-state index contributed by atoms with van der Waals surface area (Å²) in [4.78, 5) is 3.44. The van der Waals surface area contributed by atoms with Crippen LogP contribution in [0.3, 0.4) is 0 Å². The van der Waals surface area contributed by atoms with Crippen molar-refractivity contribution in [3.63, 3.8) is 0 Å². The van der Waals surface area contributed by atoms with Gasteiger partial charge in [-0.2, -0.15) is 13.2 Å². The molecule has 0 aliphatic rings. The van der Waals surface area contributed by atoms with Crippen LogP contribution in [0.1, 0.15) is 6.92 Å². The summed E-state index contributed by atoms with van der Waals surface area (Å²) in [7, 11) is -2.26. The quantitative estimate of drug-likeness (QED) is 0.829. The van der Waals surface area contributed by atoms with E-state index in [1.54, 1.807) is 6.92 Å². The molecule has 0 saturated heterocycles. The molecule has 0 aromatic carbocycles. The zero-order valence-corrected chi connectivity index (χ0v) is 11.1. The lowest BCUT2D eigenvalue weighted by Crippen LogP contribution is -2.26. The Morgan fingerprint density at radius 1 is 1.37 bits per heavy atom. The molecule has 0 spiro atoms. The van der Waals surface area contributed by atoms with Crippen LogP contribution in [0.25, 0.3) is 0 Å². The summed E-state index contributed by atoms with van der Waals surface area (Å²) in [6.45, 7) is 0.460. The number of sulfonamides is 1. The standard InChI is InChI=1S/C10H13F3N2O3S/c1-3-15(2)19(16,17)8-4-5-9(14-6-8)18-7-10(11,12)13/h4-6H,3,7H2,1-2H3. The Hall–Kier alpha value is -1.35. The molecule has 108 valence electrons. The predicted octanol–water partition coefficient (Wildman–Crippen LogP) is 1.66. The molecule has 1 heterocycles. The molecule has 0 amide bonds. The van der Waals surface area contributed by atoms with E-state index < -0.39 is 22.8 Å². The van der Waals surface area contributed by atoms with Gasteiger partial charge in [0.15, 0.2) is 6.61 Å². The van der Waals surface area contributed by atoms with E-state index >= 15 is 0 Å². The van der Waals surface area contributed by atoms with Crippen LogP contribution in [0.4, 0.5) is 13.2 Å². The van der Waals surface area contributed by atoms with Crippen LogP contribution < -0.4 is 4.74 Å². The van der Waals surface area contributed by atoms with Crippen molar-refractivity contribution in [3.05, 3.63) is 18.3 Å². The van der Waals surface area contributed by atoms with Crippen molar-refractivity contribution >= 4 is 10.0 Å². The minimum absolute atomic E-state index is 0.101. The molecule has 5 nitrogen and oxygen atoms in total. The van der Waals surface area contributed by atoms with Gasteiger partial charge in [-0.25, -0.2) is 17.7 Å². The van der Waals surface area contributed by atoms with E-state index in [1.165, 1.54) is 7.05 Å². The number of alkyl halides is 3. The number of ether oxygens (including phenoxy) is 1. The molecule has 1 rings (SSSR count). The highest BCUT2D eigenvalue weighted by atomic mass is 32.2. The Morgan fingerprint density at radius 2 is 2.00 bits per heavy atom. The van der Waals surface area contributed by atoms with Crippen molar-refractivity contribution in [2.75, 3.05) is 20.2 Å². The van der Waals surface area contributed by atoms with E-state index in [-0.39, 0.29) is 17.3 Å². The van der Waals surface area contributed by atoms with Crippen molar-refractivity contribution in [2.24, 2.45) is 0 Å². The minimum Gasteiger partial charge on any atom is -0.468 e. The number of hydrogen-bond donors (Lipinski definition) is 0. The lowest BCUT2D eigenvalue weighted by atomic mass is 10.5. The van der Waals surface area contributed by atoms with Gasteiger partial charge < -0.3 is 4.74 Å². The molecule has 0 aliphatic carbocycles. The summed E-state index contributed by atoms with van der Waals surface area (Å²) >= 11 is 0. The molecule has 0 unspecified atom stereocenters. The maximum absolute atomic E-state index is 11.9. The second kappa shape index (κ2) is 5.74. The Kier molecular flexibility index (Phi) is 4.75. The zero-order valence-electron chi connectivity index (χ0n) is 10.3. The number of aromatic nitrogens is 1. The molecule has 0 radical (unpaired) electrons. The van der Waals surface area contributed by atoms with Gasteiger partial charge in [-0.05, 0) is 6.07 Å². The lowest BCUT2D eigenvalue weighted by molar-refractivity contribution is -0.154. The van der Waals surface area contributed by atoms with E-state index in [0.717, 1.165) is 22.6 Å². The molecule has 0 aliphatic heterocycles. The van der Waals surface area contributed by atoms with Crippen molar-refractivity contribution in [1.29, 1.82) is 0 Å². The predicted molar refractivity (Wildman–Crippen MR) is 61.3 cm³/mol. The highest BCUT2D eigenvalue weighted by Crippen LogP contribution is 2.19. The highest BCUT2D eigenvalue weighted by Gasteiger charge is 2.28. The maximum atomic E-state index is 11.9. The van der Waals surface area contributed by atoms with Gasteiger partial charge in [-0.15, -0.1) is 0 Å². The van der Waals surface area contributed by atoms with Crippen molar-refractivity contribution in [3.8, 4) is 5.88 Å². The van der Waals surface area contributed by atoms with Crippen LogP contribution in [0, 0.1) is 0 Å². The summed E-state index contributed by atoms with van der Waals surface area (Å²) in [5, 5.41) is 0. The molecule has 0 atom stereocenters. The number of rotatable bonds is 5. The fraction of sp³-hybridized carbons (Fsp3) is 0.500.